The van der Waals surface area contributed by atoms with Gasteiger partial charge in [-0.2, -0.15) is 0 Å². The number of para-hydroxylation sites is 1. The first-order valence-electron chi connectivity index (χ1n) is 6.82. The zero-order valence-electron chi connectivity index (χ0n) is 11.6. The molecule has 0 aliphatic carbocycles. The van der Waals surface area contributed by atoms with Gasteiger partial charge in [-0.05, 0) is 11.6 Å². The summed E-state index contributed by atoms with van der Waals surface area (Å²) in [5.74, 6) is -0.197. The van der Waals surface area contributed by atoms with Gasteiger partial charge in [-0.1, -0.05) is 42.5 Å². The summed E-state index contributed by atoms with van der Waals surface area (Å²) in [6, 6.07) is 12.9. The van der Waals surface area contributed by atoms with Crippen LogP contribution in [0.2, 0.25) is 0 Å². The van der Waals surface area contributed by atoms with Crippen LogP contribution in [0.1, 0.15) is 17.2 Å². The van der Waals surface area contributed by atoms with E-state index in [2.05, 4.69) is 9.47 Å². The van der Waals surface area contributed by atoms with Crippen LogP contribution in [0.25, 0.3) is 0 Å². The maximum absolute atomic E-state index is 13.2. The van der Waals surface area contributed by atoms with Crippen molar-refractivity contribution < 1.29 is 23.4 Å². The molecule has 0 fully saturated rings. The molecule has 2 atom stereocenters. The van der Waals surface area contributed by atoms with Gasteiger partial charge in [-0.15, -0.1) is 8.78 Å². The van der Waals surface area contributed by atoms with E-state index in [1.807, 2.05) is 30.3 Å². The molecule has 4 nitrogen and oxygen atoms in total. The Labute approximate surface area is 126 Å². The third-order valence-electron chi connectivity index (χ3n) is 3.52. The molecular weight excluding hydrogens is 292 g/mol. The molecule has 3 N–H and O–H groups in total. The van der Waals surface area contributed by atoms with E-state index in [0.29, 0.717) is 6.42 Å². The van der Waals surface area contributed by atoms with Gasteiger partial charge in [-0.25, -0.2) is 0 Å². The number of halogens is 2. The van der Waals surface area contributed by atoms with Gasteiger partial charge in [-0.3, -0.25) is 0 Å². The van der Waals surface area contributed by atoms with Crippen molar-refractivity contribution in [3.05, 3.63) is 59.7 Å². The molecule has 0 aromatic heterocycles. The van der Waals surface area contributed by atoms with Gasteiger partial charge in [0.1, 0.15) is 0 Å². The monoisotopic (exact) mass is 307 g/mol. The number of fused-ring (bicyclic) bond motifs is 1. The van der Waals surface area contributed by atoms with Crippen LogP contribution in [0.4, 0.5) is 8.78 Å². The van der Waals surface area contributed by atoms with Crippen LogP contribution in [0.3, 0.4) is 0 Å². The van der Waals surface area contributed by atoms with E-state index in [1.54, 1.807) is 6.07 Å². The number of aliphatic hydroxyl groups excluding tert-OH is 1. The molecule has 116 valence electrons. The predicted molar refractivity (Wildman–Crippen MR) is 75.7 cm³/mol. The van der Waals surface area contributed by atoms with Crippen molar-refractivity contribution in [1.82, 2.24) is 0 Å². The van der Waals surface area contributed by atoms with Crippen LogP contribution in [0.5, 0.6) is 11.5 Å². The molecule has 3 rings (SSSR count). The Bertz CT molecular complexity index is 664. The molecular formula is C16H15F2NO3. The summed E-state index contributed by atoms with van der Waals surface area (Å²) in [5.41, 5.74) is 7.21. The lowest BCUT2D eigenvalue weighted by atomic mass is 9.96. The summed E-state index contributed by atoms with van der Waals surface area (Å²) < 4.78 is 35.3. The maximum Gasteiger partial charge on any atom is 0.586 e. The molecule has 0 saturated carbocycles. The molecule has 0 radical (unpaired) electrons. The smallest absolute Gasteiger partial charge is 0.395 e. The Morgan fingerprint density at radius 2 is 1.77 bits per heavy atom. The molecule has 2 aromatic carbocycles. The Balaban J connectivity index is 1.82. The second kappa shape index (κ2) is 5.55. The topological polar surface area (TPSA) is 64.7 Å². The number of alkyl halides is 2. The fourth-order valence-corrected chi connectivity index (χ4v) is 2.44. The number of hydrogen-bond acceptors (Lipinski definition) is 4. The number of aliphatic hydroxyl groups is 1. The normalized spacial score (nSPS) is 18.0. The average molecular weight is 307 g/mol. The second-order valence-electron chi connectivity index (χ2n) is 5.12. The number of benzene rings is 2. The molecule has 6 heteroatoms. The minimum atomic E-state index is -3.71. The number of nitrogens with two attached hydrogens (primary N) is 1. The van der Waals surface area contributed by atoms with E-state index in [9.17, 15) is 13.9 Å². The van der Waals surface area contributed by atoms with Crippen molar-refractivity contribution in [2.24, 2.45) is 5.73 Å². The summed E-state index contributed by atoms with van der Waals surface area (Å²) in [6.45, 7) is 0. The van der Waals surface area contributed by atoms with E-state index in [0.717, 1.165) is 5.56 Å². The first-order chi connectivity index (χ1) is 10.5. The zero-order chi connectivity index (χ0) is 15.7. The highest BCUT2D eigenvalue weighted by Gasteiger charge is 2.45. The molecule has 1 aliphatic heterocycles. The molecule has 1 heterocycles. The van der Waals surface area contributed by atoms with Crippen molar-refractivity contribution in [3.63, 3.8) is 0 Å². The van der Waals surface area contributed by atoms with Gasteiger partial charge >= 0.3 is 6.29 Å². The quantitative estimate of drug-likeness (QED) is 0.911. The Kier molecular flexibility index (Phi) is 3.72. The van der Waals surface area contributed by atoms with E-state index in [1.165, 1.54) is 12.1 Å². The SMILES string of the molecule is N[C@H](c1cccc2c1OC(F)(F)O2)[C@@H](O)Cc1ccccc1. The van der Waals surface area contributed by atoms with E-state index < -0.39 is 18.4 Å². The minimum Gasteiger partial charge on any atom is -0.395 e. The summed E-state index contributed by atoms with van der Waals surface area (Å²) in [6.07, 6.45) is -4.34. The fourth-order valence-electron chi connectivity index (χ4n) is 2.44. The predicted octanol–water partition coefficient (Wildman–Crippen LogP) is 2.61. The van der Waals surface area contributed by atoms with Crippen molar-refractivity contribution in [1.29, 1.82) is 0 Å². The maximum atomic E-state index is 13.2. The van der Waals surface area contributed by atoms with Crippen LogP contribution in [0.15, 0.2) is 48.5 Å². The standard InChI is InChI=1S/C16H15F2NO3/c17-16(18)21-13-8-4-7-11(15(13)22-16)14(19)12(20)9-10-5-2-1-3-6-10/h1-8,12,14,20H,9,19H2/t12-,14+/m0/s1. The fraction of sp³-hybridized carbons (Fsp3) is 0.250. The van der Waals surface area contributed by atoms with Crippen molar-refractivity contribution in [2.75, 3.05) is 0 Å². The summed E-state index contributed by atoms with van der Waals surface area (Å²) in [4.78, 5) is 0. The van der Waals surface area contributed by atoms with Gasteiger partial charge in [0.05, 0.1) is 12.1 Å². The van der Waals surface area contributed by atoms with Gasteiger partial charge < -0.3 is 20.3 Å². The lowest BCUT2D eigenvalue weighted by Gasteiger charge is -2.20. The van der Waals surface area contributed by atoms with E-state index in [-0.39, 0.29) is 17.1 Å². The Morgan fingerprint density at radius 1 is 1.05 bits per heavy atom. The lowest BCUT2D eigenvalue weighted by Crippen LogP contribution is -2.29. The molecule has 0 bridgehead atoms. The van der Waals surface area contributed by atoms with Gasteiger partial charge in [0.25, 0.3) is 0 Å². The number of ether oxygens (including phenoxy) is 2. The molecule has 0 saturated heterocycles. The van der Waals surface area contributed by atoms with Crippen LogP contribution in [-0.2, 0) is 6.42 Å². The summed E-state index contributed by atoms with van der Waals surface area (Å²) >= 11 is 0. The van der Waals surface area contributed by atoms with E-state index >= 15 is 0 Å². The molecule has 2 aromatic rings. The minimum absolute atomic E-state index is 0.0788. The lowest BCUT2D eigenvalue weighted by molar-refractivity contribution is -0.287. The molecule has 1 aliphatic rings. The van der Waals surface area contributed by atoms with Crippen LogP contribution < -0.4 is 15.2 Å². The van der Waals surface area contributed by atoms with Crippen LogP contribution >= 0.6 is 0 Å². The van der Waals surface area contributed by atoms with Gasteiger partial charge in [0.2, 0.25) is 0 Å². The Morgan fingerprint density at radius 3 is 2.50 bits per heavy atom. The third-order valence-corrected chi connectivity index (χ3v) is 3.52. The van der Waals surface area contributed by atoms with Gasteiger partial charge in [0, 0.05) is 12.0 Å². The largest absolute Gasteiger partial charge is 0.586 e. The molecule has 0 spiro atoms. The van der Waals surface area contributed by atoms with E-state index in [4.69, 9.17) is 5.73 Å². The zero-order valence-corrected chi connectivity index (χ0v) is 11.6. The summed E-state index contributed by atoms with van der Waals surface area (Å²) in [7, 11) is 0. The highest BCUT2D eigenvalue weighted by atomic mass is 19.3. The highest BCUT2D eigenvalue weighted by Crippen LogP contribution is 2.45. The summed E-state index contributed by atoms with van der Waals surface area (Å²) in [5, 5.41) is 10.3. The van der Waals surface area contributed by atoms with Gasteiger partial charge in [0.15, 0.2) is 11.5 Å². The number of hydrogen-bond donors (Lipinski definition) is 2. The van der Waals surface area contributed by atoms with Crippen molar-refractivity contribution in [3.8, 4) is 11.5 Å². The Hall–Kier alpha value is -2.18. The first kappa shape index (κ1) is 14.7. The second-order valence-corrected chi connectivity index (χ2v) is 5.12. The van der Waals surface area contributed by atoms with Crippen molar-refractivity contribution in [2.45, 2.75) is 24.9 Å². The van der Waals surface area contributed by atoms with Crippen LogP contribution in [-0.4, -0.2) is 17.5 Å². The molecule has 0 unspecified atom stereocenters. The van der Waals surface area contributed by atoms with Crippen molar-refractivity contribution >= 4 is 0 Å². The van der Waals surface area contributed by atoms with Crippen LogP contribution in [0, 0.1) is 0 Å². The molecule has 22 heavy (non-hydrogen) atoms. The number of rotatable bonds is 4. The first-order valence-corrected chi connectivity index (χ1v) is 6.82. The highest BCUT2D eigenvalue weighted by molar-refractivity contribution is 5.50. The average Bonchev–Trinajstić information content (AvgIpc) is 2.81. The third kappa shape index (κ3) is 2.88. The molecule has 0 amide bonds.